The molecule has 1 aliphatic heterocycles. The van der Waals surface area contributed by atoms with Crippen LogP contribution < -0.4 is 0 Å². The third-order valence-electron chi connectivity index (χ3n) is 5.62. The molecule has 0 radical (unpaired) electrons. The van der Waals surface area contributed by atoms with Crippen molar-refractivity contribution in [2.45, 2.75) is 25.2 Å². The maximum atomic E-state index is 12.7. The van der Waals surface area contributed by atoms with Crippen molar-refractivity contribution in [1.29, 1.82) is 0 Å². The Morgan fingerprint density at radius 2 is 2.00 bits per heavy atom. The van der Waals surface area contributed by atoms with Gasteiger partial charge in [0.15, 0.2) is 0 Å². The zero-order valence-electron chi connectivity index (χ0n) is 14.5. The second-order valence-electron chi connectivity index (χ2n) is 7.14. The Hall–Kier alpha value is -1.88. The fraction of sp³-hybridized carbons (Fsp3) is 0.579. The zero-order chi connectivity index (χ0) is 17.2. The highest BCUT2D eigenvalue weighted by atomic mass is 16.5. The molecule has 2 fully saturated rings. The van der Waals surface area contributed by atoms with Gasteiger partial charge < -0.3 is 14.5 Å². The van der Waals surface area contributed by atoms with Gasteiger partial charge in [0.25, 0.3) is 0 Å². The van der Waals surface area contributed by atoms with E-state index in [0.717, 1.165) is 13.1 Å². The van der Waals surface area contributed by atoms with E-state index in [1.54, 1.807) is 7.05 Å². The van der Waals surface area contributed by atoms with Crippen molar-refractivity contribution >= 4 is 11.8 Å². The summed E-state index contributed by atoms with van der Waals surface area (Å²) in [4.78, 5) is 27.9. The Bertz CT molecular complexity index is 598. The van der Waals surface area contributed by atoms with Crippen molar-refractivity contribution < 1.29 is 14.3 Å². The van der Waals surface area contributed by atoms with Crippen LogP contribution in [0, 0.1) is 5.41 Å². The standard InChI is InChI=1S/C19H26N2O3/c1-20(18(23)13-24-2)12-17(22)21-11-16(15-7-4-3-5-8-15)19(14-21)9-6-10-19/h3-5,7-8,16H,6,9-14H2,1-2H3. The smallest absolute Gasteiger partial charge is 0.248 e. The van der Waals surface area contributed by atoms with Crippen LogP contribution in [0.25, 0.3) is 0 Å². The molecule has 1 aromatic carbocycles. The number of likely N-dealkylation sites (tertiary alicyclic amines) is 1. The summed E-state index contributed by atoms with van der Waals surface area (Å²) in [6.07, 6.45) is 3.63. The van der Waals surface area contributed by atoms with Crippen LogP contribution in [0.4, 0.5) is 0 Å². The highest BCUT2D eigenvalue weighted by Crippen LogP contribution is 2.55. The normalized spacial score (nSPS) is 21.6. The summed E-state index contributed by atoms with van der Waals surface area (Å²) in [6.45, 7) is 1.72. The lowest BCUT2D eigenvalue weighted by Gasteiger charge is -2.43. The monoisotopic (exact) mass is 330 g/mol. The van der Waals surface area contributed by atoms with E-state index in [9.17, 15) is 9.59 Å². The highest BCUT2D eigenvalue weighted by Gasteiger charge is 2.51. The van der Waals surface area contributed by atoms with Crippen LogP contribution in [-0.4, -0.2) is 62.0 Å². The SMILES string of the molecule is COCC(=O)N(C)CC(=O)N1CC(c2ccccc2)C2(CCC2)C1. The lowest BCUT2D eigenvalue weighted by molar-refractivity contribution is -0.141. The van der Waals surface area contributed by atoms with Crippen molar-refractivity contribution in [3.63, 3.8) is 0 Å². The van der Waals surface area contributed by atoms with Crippen LogP contribution in [0.2, 0.25) is 0 Å². The van der Waals surface area contributed by atoms with Crippen LogP contribution in [0.3, 0.4) is 0 Å². The zero-order valence-corrected chi connectivity index (χ0v) is 14.5. The number of carbonyl (C=O) groups is 2. The van der Waals surface area contributed by atoms with E-state index in [-0.39, 0.29) is 30.4 Å². The molecular weight excluding hydrogens is 304 g/mol. The maximum absolute atomic E-state index is 12.7. The molecule has 1 atom stereocenters. The number of hydrogen-bond acceptors (Lipinski definition) is 3. The van der Waals surface area contributed by atoms with Crippen molar-refractivity contribution in [1.82, 2.24) is 9.80 Å². The molecule has 0 aromatic heterocycles. The third-order valence-corrected chi connectivity index (χ3v) is 5.62. The van der Waals surface area contributed by atoms with Gasteiger partial charge in [-0.1, -0.05) is 36.8 Å². The van der Waals surface area contributed by atoms with Crippen LogP contribution >= 0.6 is 0 Å². The van der Waals surface area contributed by atoms with Gasteiger partial charge in [0.1, 0.15) is 6.61 Å². The minimum atomic E-state index is -0.164. The largest absolute Gasteiger partial charge is 0.375 e. The number of amides is 2. The molecule has 24 heavy (non-hydrogen) atoms. The van der Waals surface area contributed by atoms with Crippen LogP contribution in [-0.2, 0) is 14.3 Å². The van der Waals surface area contributed by atoms with E-state index < -0.39 is 0 Å². The van der Waals surface area contributed by atoms with Gasteiger partial charge in [0.2, 0.25) is 11.8 Å². The Morgan fingerprint density at radius 3 is 2.58 bits per heavy atom. The molecular formula is C19H26N2O3. The average molecular weight is 330 g/mol. The second kappa shape index (κ2) is 6.93. The predicted molar refractivity (Wildman–Crippen MR) is 91.6 cm³/mol. The summed E-state index contributed by atoms with van der Waals surface area (Å²) in [5, 5.41) is 0. The maximum Gasteiger partial charge on any atom is 0.248 e. The number of methoxy groups -OCH3 is 1. The molecule has 1 saturated carbocycles. The van der Waals surface area contributed by atoms with E-state index in [0.29, 0.717) is 5.92 Å². The Kier molecular flexibility index (Phi) is 4.90. The minimum absolute atomic E-state index is 0.0142. The fourth-order valence-corrected chi connectivity index (χ4v) is 4.07. The average Bonchev–Trinajstić information content (AvgIpc) is 2.97. The van der Waals surface area contributed by atoms with Crippen molar-refractivity contribution in [2.24, 2.45) is 5.41 Å². The number of hydrogen-bond donors (Lipinski definition) is 0. The molecule has 1 saturated heterocycles. The molecule has 3 rings (SSSR count). The first-order valence-electron chi connectivity index (χ1n) is 8.61. The van der Waals surface area contributed by atoms with Gasteiger partial charge in [-0.2, -0.15) is 0 Å². The Labute approximate surface area is 143 Å². The topological polar surface area (TPSA) is 49.9 Å². The van der Waals surface area contributed by atoms with Gasteiger partial charge in [0.05, 0.1) is 6.54 Å². The molecule has 0 N–H and O–H groups in total. The molecule has 2 aliphatic rings. The van der Waals surface area contributed by atoms with Crippen LogP contribution in [0.1, 0.15) is 30.7 Å². The second-order valence-corrected chi connectivity index (χ2v) is 7.14. The van der Waals surface area contributed by atoms with Gasteiger partial charge >= 0.3 is 0 Å². The molecule has 5 heteroatoms. The number of rotatable bonds is 5. The van der Waals surface area contributed by atoms with E-state index >= 15 is 0 Å². The molecule has 1 unspecified atom stereocenters. The Balaban J connectivity index is 1.68. The van der Waals surface area contributed by atoms with E-state index in [4.69, 9.17) is 4.74 Å². The Morgan fingerprint density at radius 1 is 1.29 bits per heavy atom. The van der Waals surface area contributed by atoms with Crippen LogP contribution in [0.15, 0.2) is 30.3 Å². The molecule has 1 aromatic rings. The summed E-state index contributed by atoms with van der Waals surface area (Å²) in [5.74, 6) is 0.283. The molecule has 1 heterocycles. The van der Waals surface area contributed by atoms with Crippen molar-refractivity contribution in [2.75, 3.05) is 40.4 Å². The van der Waals surface area contributed by atoms with E-state index in [1.807, 2.05) is 11.0 Å². The molecule has 2 amide bonds. The first-order valence-corrected chi connectivity index (χ1v) is 8.61. The predicted octanol–water partition coefficient (Wildman–Crippen LogP) is 1.89. The summed E-state index contributed by atoms with van der Waals surface area (Å²) in [5.41, 5.74) is 1.57. The lowest BCUT2D eigenvalue weighted by Crippen LogP contribution is -2.43. The molecule has 0 bridgehead atoms. The number of likely N-dealkylation sites (N-methyl/N-ethyl adjacent to an activating group) is 1. The number of carbonyl (C=O) groups excluding carboxylic acids is 2. The number of nitrogens with zero attached hydrogens (tertiary/aromatic N) is 2. The summed E-state index contributed by atoms with van der Waals surface area (Å²) < 4.78 is 4.85. The fourth-order valence-electron chi connectivity index (χ4n) is 4.07. The highest BCUT2D eigenvalue weighted by molar-refractivity contribution is 5.85. The lowest BCUT2D eigenvalue weighted by atomic mass is 9.61. The quantitative estimate of drug-likeness (QED) is 0.828. The van der Waals surface area contributed by atoms with Crippen molar-refractivity contribution in [3.05, 3.63) is 35.9 Å². The van der Waals surface area contributed by atoms with E-state index in [1.165, 1.54) is 36.8 Å². The van der Waals surface area contributed by atoms with Gasteiger partial charge in [-0.15, -0.1) is 0 Å². The van der Waals surface area contributed by atoms with Gasteiger partial charge in [-0.25, -0.2) is 0 Å². The van der Waals surface area contributed by atoms with E-state index in [2.05, 4.69) is 24.3 Å². The van der Waals surface area contributed by atoms with Gasteiger partial charge in [-0.3, -0.25) is 9.59 Å². The molecule has 1 aliphatic carbocycles. The third kappa shape index (κ3) is 3.18. The van der Waals surface area contributed by atoms with Crippen LogP contribution in [0.5, 0.6) is 0 Å². The molecule has 5 nitrogen and oxygen atoms in total. The summed E-state index contributed by atoms with van der Waals surface area (Å²) in [6, 6.07) is 10.5. The van der Waals surface area contributed by atoms with Crippen molar-refractivity contribution in [3.8, 4) is 0 Å². The minimum Gasteiger partial charge on any atom is -0.375 e. The van der Waals surface area contributed by atoms with Gasteiger partial charge in [-0.05, 0) is 23.8 Å². The number of ether oxygens (including phenoxy) is 1. The summed E-state index contributed by atoms with van der Waals surface area (Å²) >= 11 is 0. The van der Waals surface area contributed by atoms with Gasteiger partial charge in [0, 0.05) is 33.2 Å². The molecule has 130 valence electrons. The summed E-state index contributed by atoms with van der Waals surface area (Å²) in [7, 11) is 3.14. The first-order chi connectivity index (χ1) is 11.6. The number of benzene rings is 1. The first kappa shape index (κ1) is 17.0. The molecule has 1 spiro atoms.